The van der Waals surface area contributed by atoms with Crippen LogP contribution in [0.4, 0.5) is 0 Å². The normalized spacial score (nSPS) is 16.7. The van der Waals surface area contributed by atoms with Crippen molar-refractivity contribution in [1.29, 1.82) is 0 Å². The first kappa shape index (κ1) is 11.4. The maximum absolute atomic E-state index is 12.1. The summed E-state index contributed by atoms with van der Waals surface area (Å²) in [6.07, 6.45) is 2.92. The summed E-state index contributed by atoms with van der Waals surface area (Å²) in [7, 11) is 0. The van der Waals surface area contributed by atoms with Crippen LogP contribution in [0.2, 0.25) is 0 Å². The van der Waals surface area contributed by atoms with Crippen LogP contribution in [0.5, 0.6) is 0 Å². The third-order valence-corrected chi connectivity index (χ3v) is 3.85. The van der Waals surface area contributed by atoms with Crippen LogP contribution in [-0.2, 0) is 11.2 Å². The van der Waals surface area contributed by atoms with Crippen molar-refractivity contribution in [3.63, 3.8) is 0 Å². The Morgan fingerprint density at radius 1 is 1.28 bits per heavy atom. The molecule has 3 rings (SSSR count). The molecule has 1 aromatic heterocycles. The molecule has 2 nitrogen and oxygen atoms in total. The molecule has 18 heavy (non-hydrogen) atoms. The van der Waals surface area contributed by atoms with Crippen molar-refractivity contribution in [1.82, 2.24) is 4.98 Å². The SMILES string of the molecule is CC(C(=O)Cc1ccc2ccccc2n1)C1CC1. The summed E-state index contributed by atoms with van der Waals surface area (Å²) >= 11 is 0. The Hall–Kier alpha value is -1.70. The fourth-order valence-corrected chi connectivity index (χ4v) is 2.41. The molecule has 2 aromatic rings. The lowest BCUT2D eigenvalue weighted by Gasteiger charge is -2.08. The molecular weight excluding hydrogens is 222 g/mol. The van der Waals surface area contributed by atoms with E-state index in [2.05, 4.69) is 11.9 Å². The van der Waals surface area contributed by atoms with Crippen molar-refractivity contribution in [3.05, 3.63) is 42.1 Å². The highest BCUT2D eigenvalue weighted by atomic mass is 16.1. The number of para-hydroxylation sites is 1. The maximum Gasteiger partial charge on any atom is 0.141 e. The van der Waals surface area contributed by atoms with E-state index in [4.69, 9.17) is 0 Å². The van der Waals surface area contributed by atoms with Crippen LogP contribution in [0.15, 0.2) is 36.4 Å². The Labute approximate surface area is 107 Å². The first-order valence-corrected chi connectivity index (χ1v) is 6.61. The van der Waals surface area contributed by atoms with Crippen LogP contribution in [0.1, 0.15) is 25.5 Å². The van der Waals surface area contributed by atoms with Gasteiger partial charge in [-0.1, -0.05) is 31.2 Å². The lowest BCUT2D eigenvalue weighted by molar-refractivity contribution is -0.122. The number of carbonyl (C=O) groups is 1. The molecule has 1 heterocycles. The third-order valence-electron chi connectivity index (χ3n) is 3.85. The van der Waals surface area contributed by atoms with Gasteiger partial charge in [-0.15, -0.1) is 0 Å². The van der Waals surface area contributed by atoms with Gasteiger partial charge in [-0.05, 0) is 30.9 Å². The van der Waals surface area contributed by atoms with Gasteiger partial charge in [0, 0.05) is 23.4 Å². The fraction of sp³-hybridized carbons (Fsp3) is 0.375. The summed E-state index contributed by atoms with van der Waals surface area (Å²) in [6.45, 7) is 2.06. The van der Waals surface area contributed by atoms with Crippen LogP contribution < -0.4 is 0 Å². The Morgan fingerprint density at radius 3 is 2.83 bits per heavy atom. The van der Waals surface area contributed by atoms with Crippen LogP contribution >= 0.6 is 0 Å². The zero-order valence-electron chi connectivity index (χ0n) is 10.6. The molecule has 0 amide bonds. The molecule has 0 spiro atoms. The highest BCUT2D eigenvalue weighted by Crippen LogP contribution is 2.37. The zero-order valence-corrected chi connectivity index (χ0v) is 10.6. The number of rotatable bonds is 4. The Morgan fingerprint density at radius 2 is 2.06 bits per heavy atom. The second-order valence-corrected chi connectivity index (χ2v) is 5.26. The second-order valence-electron chi connectivity index (χ2n) is 5.26. The second kappa shape index (κ2) is 4.52. The summed E-state index contributed by atoms with van der Waals surface area (Å²) in [5, 5.41) is 1.13. The number of nitrogens with zero attached hydrogens (tertiary/aromatic N) is 1. The van der Waals surface area contributed by atoms with Crippen molar-refractivity contribution >= 4 is 16.7 Å². The molecule has 0 radical (unpaired) electrons. The topological polar surface area (TPSA) is 30.0 Å². The minimum Gasteiger partial charge on any atom is -0.299 e. The van der Waals surface area contributed by atoms with E-state index in [9.17, 15) is 4.79 Å². The summed E-state index contributed by atoms with van der Waals surface area (Å²) in [5.74, 6) is 1.18. The fourth-order valence-electron chi connectivity index (χ4n) is 2.41. The van der Waals surface area contributed by atoms with E-state index in [0.29, 0.717) is 18.1 Å². The van der Waals surface area contributed by atoms with E-state index in [1.807, 2.05) is 36.4 Å². The van der Waals surface area contributed by atoms with Crippen molar-refractivity contribution in [2.75, 3.05) is 0 Å². The van der Waals surface area contributed by atoms with Gasteiger partial charge in [0.25, 0.3) is 0 Å². The Kier molecular flexibility index (Phi) is 2.86. The molecular formula is C16H17NO. The zero-order chi connectivity index (χ0) is 12.5. The first-order chi connectivity index (χ1) is 8.74. The van der Waals surface area contributed by atoms with Crippen molar-refractivity contribution in [2.45, 2.75) is 26.2 Å². The largest absolute Gasteiger partial charge is 0.299 e. The molecule has 0 bridgehead atoms. The number of Topliss-reactive ketones (excluding diaryl/α,β-unsaturated/α-hetero) is 1. The van der Waals surface area contributed by atoms with E-state index in [1.54, 1.807) is 0 Å². The van der Waals surface area contributed by atoms with Gasteiger partial charge >= 0.3 is 0 Å². The van der Waals surface area contributed by atoms with Crippen molar-refractivity contribution < 1.29 is 4.79 Å². The highest BCUT2D eigenvalue weighted by molar-refractivity contribution is 5.84. The molecule has 92 valence electrons. The highest BCUT2D eigenvalue weighted by Gasteiger charge is 2.32. The Balaban J connectivity index is 1.79. The van der Waals surface area contributed by atoms with Gasteiger partial charge < -0.3 is 0 Å². The van der Waals surface area contributed by atoms with Crippen LogP contribution in [0.25, 0.3) is 10.9 Å². The smallest absolute Gasteiger partial charge is 0.141 e. The van der Waals surface area contributed by atoms with E-state index in [-0.39, 0.29) is 5.92 Å². The number of pyridine rings is 1. The van der Waals surface area contributed by atoms with E-state index >= 15 is 0 Å². The maximum atomic E-state index is 12.1. The van der Waals surface area contributed by atoms with Gasteiger partial charge in [0.05, 0.1) is 5.52 Å². The molecule has 0 aliphatic heterocycles. The lowest BCUT2D eigenvalue weighted by atomic mass is 9.97. The van der Waals surface area contributed by atoms with Gasteiger partial charge in [0.2, 0.25) is 0 Å². The minimum atomic E-state index is 0.207. The summed E-state index contributed by atoms with van der Waals surface area (Å²) in [5.41, 5.74) is 1.87. The van der Waals surface area contributed by atoms with Crippen LogP contribution in [-0.4, -0.2) is 10.8 Å². The molecule has 2 heteroatoms. The molecule has 1 saturated carbocycles. The van der Waals surface area contributed by atoms with E-state index < -0.39 is 0 Å². The number of hydrogen-bond donors (Lipinski definition) is 0. The molecule has 1 unspecified atom stereocenters. The predicted octanol–water partition coefficient (Wildman–Crippen LogP) is 3.39. The summed E-state index contributed by atoms with van der Waals surface area (Å²) in [4.78, 5) is 16.6. The molecule has 1 aromatic carbocycles. The van der Waals surface area contributed by atoms with Gasteiger partial charge in [-0.3, -0.25) is 9.78 Å². The van der Waals surface area contributed by atoms with Gasteiger partial charge in [0.1, 0.15) is 5.78 Å². The average molecular weight is 239 g/mol. The molecule has 0 saturated heterocycles. The van der Waals surface area contributed by atoms with Crippen molar-refractivity contribution in [3.8, 4) is 0 Å². The molecule has 1 fully saturated rings. The van der Waals surface area contributed by atoms with Gasteiger partial charge in [-0.25, -0.2) is 0 Å². The monoisotopic (exact) mass is 239 g/mol. The number of ketones is 1. The summed E-state index contributed by atoms with van der Waals surface area (Å²) < 4.78 is 0. The number of hydrogen-bond acceptors (Lipinski definition) is 2. The average Bonchev–Trinajstić information content (AvgIpc) is 3.22. The van der Waals surface area contributed by atoms with Crippen LogP contribution in [0, 0.1) is 11.8 Å². The lowest BCUT2D eigenvalue weighted by Crippen LogP contribution is -2.16. The van der Waals surface area contributed by atoms with E-state index in [0.717, 1.165) is 16.6 Å². The number of fused-ring (bicyclic) bond motifs is 1. The van der Waals surface area contributed by atoms with Crippen molar-refractivity contribution in [2.24, 2.45) is 11.8 Å². The van der Waals surface area contributed by atoms with Gasteiger partial charge in [0.15, 0.2) is 0 Å². The van der Waals surface area contributed by atoms with E-state index in [1.165, 1.54) is 12.8 Å². The molecule has 1 atom stereocenters. The molecule has 1 aliphatic rings. The molecule has 1 aliphatic carbocycles. The first-order valence-electron chi connectivity index (χ1n) is 6.61. The number of benzene rings is 1. The minimum absolute atomic E-state index is 0.207. The number of carbonyl (C=O) groups excluding carboxylic acids is 1. The van der Waals surface area contributed by atoms with Gasteiger partial charge in [-0.2, -0.15) is 0 Å². The number of aromatic nitrogens is 1. The third kappa shape index (κ3) is 2.28. The summed E-state index contributed by atoms with van der Waals surface area (Å²) in [6, 6.07) is 12.0. The molecule has 0 N–H and O–H groups in total. The standard InChI is InChI=1S/C16H17NO/c1-11(12-6-7-12)16(18)10-14-9-8-13-4-2-3-5-15(13)17-14/h2-5,8-9,11-12H,6-7,10H2,1H3. The van der Waals surface area contributed by atoms with Crippen LogP contribution in [0.3, 0.4) is 0 Å². The quantitative estimate of drug-likeness (QED) is 0.818. The Bertz CT molecular complexity index is 586. The predicted molar refractivity (Wildman–Crippen MR) is 72.3 cm³/mol.